The van der Waals surface area contributed by atoms with Gasteiger partial charge in [-0.2, -0.15) is 0 Å². The van der Waals surface area contributed by atoms with Crippen LogP contribution in [-0.2, 0) is 22.4 Å². The fourth-order valence-electron chi connectivity index (χ4n) is 3.37. The van der Waals surface area contributed by atoms with E-state index in [2.05, 4.69) is 0 Å². The van der Waals surface area contributed by atoms with E-state index in [1.807, 2.05) is 0 Å². The first-order chi connectivity index (χ1) is 14.3. The molecule has 0 heterocycles. The maximum atomic E-state index is 12.2. The predicted octanol–water partition coefficient (Wildman–Crippen LogP) is 2.31. The van der Waals surface area contributed by atoms with Crippen LogP contribution in [0.2, 0.25) is 0 Å². The van der Waals surface area contributed by atoms with Crippen molar-refractivity contribution in [3.63, 3.8) is 0 Å². The molecule has 1 amide bonds. The molecular weight excluding hydrogens is 390 g/mol. The minimum Gasteiger partial charge on any atom is -0.493 e. The molecule has 0 aliphatic heterocycles. The van der Waals surface area contributed by atoms with Crippen molar-refractivity contribution in [2.45, 2.75) is 12.8 Å². The normalized spacial score (nSPS) is 12.5. The maximum absolute atomic E-state index is 12.2. The van der Waals surface area contributed by atoms with Gasteiger partial charge in [-0.05, 0) is 48.2 Å². The third-order valence-electron chi connectivity index (χ3n) is 4.98. The van der Waals surface area contributed by atoms with Crippen LogP contribution in [0.5, 0.6) is 23.0 Å². The molecular formula is C22H27NO7. The zero-order valence-electron chi connectivity index (χ0n) is 17.5. The van der Waals surface area contributed by atoms with Crippen LogP contribution in [-0.4, -0.2) is 45.4 Å². The molecule has 30 heavy (non-hydrogen) atoms. The minimum atomic E-state index is -1.10. The van der Waals surface area contributed by atoms with E-state index < -0.39 is 23.7 Å². The summed E-state index contributed by atoms with van der Waals surface area (Å²) in [6.45, 7) is 0. The number of hydrogen-bond donors (Lipinski definition) is 2. The van der Waals surface area contributed by atoms with E-state index in [-0.39, 0.29) is 12.8 Å². The lowest BCUT2D eigenvalue weighted by molar-refractivity contribution is -0.146. The molecule has 0 radical (unpaired) electrons. The third kappa shape index (κ3) is 5.34. The van der Waals surface area contributed by atoms with Crippen molar-refractivity contribution in [2.24, 2.45) is 17.6 Å². The number of nitrogens with two attached hydrogens (primary N) is 1. The predicted molar refractivity (Wildman–Crippen MR) is 110 cm³/mol. The van der Waals surface area contributed by atoms with Crippen LogP contribution in [0.3, 0.4) is 0 Å². The van der Waals surface area contributed by atoms with E-state index in [1.54, 1.807) is 36.4 Å². The van der Waals surface area contributed by atoms with Crippen molar-refractivity contribution in [2.75, 3.05) is 28.4 Å². The molecule has 2 atom stereocenters. The molecule has 0 aromatic heterocycles. The topological polar surface area (TPSA) is 117 Å². The number of carboxylic acid groups (broad SMARTS) is 1. The van der Waals surface area contributed by atoms with Crippen molar-refractivity contribution < 1.29 is 33.6 Å². The zero-order chi connectivity index (χ0) is 22.3. The van der Waals surface area contributed by atoms with Gasteiger partial charge in [-0.1, -0.05) is 12.1 Å². The Morgan fingerprint density at radius 1 is 0.767 bits per heavy atom. The number of carbonyl (C=O) groups excluding carboxylic acids is 1. The van der Waals surface area contributed by atoms with Gasteiger partial charge in [-0.25, -0.2) is 0 Å². The minimum absolute atomic E-state index is 0.108. The highest BCUT2D eigenvalue weighted by molar-refractivity contribution is 5.84. The summed E-state index contributed by atoms with van der Waals surface area (Å²) in [5.41, 5.74) is 7.01. The number of amides is 1. The summed E-state index contributed by atoms with van der Waals surface area (Å²) < 4.78 is 21.0. The highest BCUT2D eigenvalue weighted by Crippen LogP contribution is 2.32. The highest BCUT2D eigenvalue weighted by Gasteiger charge is 2.33. The number of rotatable bonds is 11. The quantitative estimate of drug-likeness (QED) is 0.576. The van der Waals surface area contributed by atoms with Crippen LogP contribution in [0.1, 0.15) is 11.1 Å². The molecule has 162 valence electrons. The number of hydrogen-bond acceptors (Lipinski definition) is 6. The molecule has 0 aliphatic carbocycles. The Morgan fingerprint density at radius 3 is 1.50 bits per heavy atom. The number of carbonyl (C=O) groups is 2. The molecule has 2 rings (SSSR count). The molecule has 0 bridgehead atoms. The average molecular weight is 417 g/mol. The molecule has 0 aliphatic rings. The monoisotopic (exact) mass is 417 g/mol. The molecule has 0 spiro atoms. The van der Waals surface area contributed by atoms with Gasteiger partial charge in [0.25, 0.3) is 0 Å². The van der Waals surface area contributed by atoms with Crippen molar-refractivity contribution in [3.05, 3.63) is 47.5 Å². The molecule has 0 saturated carbocycles. The van der Waals surface area contributed by atoms with E-state index in [9.17, 15) is 14.7 Å². The van der Waals surface area contributed by atoms with Crippen molar-refractivity contribution >= 4 is 11.9 Å². The fraction of sp³-hybridized carbons (Fsp3) is 0.364. The summed E-state index contributed by atoms with van der Waals surface area (Å²) in [6.07, 6.45) is 0.260. The van der Waals surface area contributed by atoms with Crippen LogP contribution in [0, 0.1) is 11.8 Å². The van der Waals surface area contributed by atoms with Gasteiger partial charge in [0.1, 0.15) is 0 Å². The summed E-state index contributed by atoms with van der Waals surface area (Å²) in [5, 5.41) is 9.83. The standard InChI is InChI=1S/C22H27NO7/c1-27-17-7-5-13(11-19(17)29-3)9-15(21(23)24)16(22(25)26)10-14-6-8-18(28-2)20(12-14)30-4/h5-8,11-12,15-16H,9-10H2,1-4H3,(H2,23,24)(H,25,26)/t15-,16-/m1/s1. The maximum Gasteiger partial charge on any atom is 0.307 e. The summed E-state index contributed by atoms with van der Waals surface area (Å²) >= 11 is 0. The summed E-state index contributed by atoms with van der Waals surface area (Å²) in [4.78, 5) is 24.2. The first-order valence-corrected chi connectivity index (χ1v) is 9.28. The van der Waals surface area contributed by atoms with Crippen LogP contribution in [0.15, 0.2) is 36.4 Å². The number of benzene rings is 2. The Bertz CT molecular complexity index is 824. The lowest BCUT2D eigenvalue weighted by atomic mass is 9.82. The third-order valence-corrected chi connectivity index (χ3v) is 4.98. The van der Waals surface area contributed by atoms with Crippen LogP contribution < -0.4 is 24.7 Å². The number of primary amides is 1. The van der Waals surface area contributed by atoms with Crippen molar-refractivity contribution in [1.82, 2.24) is 0 Å². The van der Waals surface area contributed by atoms with Gasteiger partial charge in [-0.15, -0.1) is 0 Å². The van der Waals surface area contributed by atoms with Gasteiger partial charge in [0.05, 0.1) is 40.3 Å². The first kappa shape index (κ1) is 22.9. The molecule has 2 aromatic rings. The molecule has 0 saturated heterocycles. The van der Waals surface area contributed by atoms with E-state index in [1.165, 1.54) is 28.4 Å². The number of carboxylic acids is 1. The second-order valence-electron chi connectivity index (χ2n) is 6.74. The first-order valence-electron chi connectivity index (χ1n) is 9.28. The average Bonchev–Trinajstić information content (AvgIpc) is 2.75. The van der Waals surface area contributed by atoms with Crippen LogP contribution in [0.4, 0.5) is 0 Å². The Balaban J connectivity index is 2.33. The van der Waals surface area contributed by atoms with Crippen molar-refractivity contribution in [3.8, 4) is 23.0 Å². The lowest BCUT2D eigenvalue weighted by Gasteiger charge is -2.22. The van der Waals surface area contributed by atoms with Gasteiger partial charge in [0.15, 0.2) is 23.0 Å². The van der Waals surface area contributed by atoms with E-state index in [4.69, 9.17) is 24.7 Å². The second kappa shape index (κ2) is 10.4. The van der Waals surface area contributed by atoms with Gasteiger partial charge >= 0.3 is 5.97 Å². The van der Waals surface area contributed by atoms with Crippen LogP contribution in [0.25, 0.3) is 0 Å². The highest BCUT2D eigenvalue weighted by atomic mass is 16.5. The van der Waals surface area contributed by atoms with E-state index >= 15 is 0 Å². The fourth-order valence-corrected chi connectivity index (χ4v) is 3.37. The summed E-state index contributed by atoms with van der Waals surface area (Å²) in [6, 6.07) is 10.3. The lowest BCUT2D eigenvalue weighted by Crippen LogP contribution is -2.37. The summed E-state index contributed by atoms with van der Waals surface area (Å²) in [5.74, 6) is -1.68. The Morgan fingerprint density at radius 2 is 1.17 bits per heavy atom. The van der Waals surface area contributed by atoms with Gasteiger partial charge < -0.3 is 29.8 Å². The van der Waals surface area contributed by atoms with Crippen molar-refractivity contribution in [1.29, 1.82) is 0 Å². The Labute approximate surface area is 175 Å². The van der Waals surface area contributed by atoms with Gasteiger partial charge in [0, 0.05) is 0 Å². The second-order valence-corrected chi connectivity index (χ2v) is 6.74. The smallest absolute Gasteiger partial charge is 0.307 e. The largest absolute Gasteiger partial charge is 0.493 e. The molecule has 8 heteroatoms. The number of methoxy groups -OCH3 is 4. The number of aliphatic carboxylic acids is 1. The molecule has 0 unspecified atom stereocenters. The van der Waals surface area contributed by atoms with Gasteiger partial charge in [-0.3, -0.25) is 9.59 Å². The SMILES string of the molecule is COc1ccc(C[C@@H](C(N)=O)[C@@H](Cc2ccc(OC)c(OC)c2)C(=O)O)cc1OC. The van der Waals surface area contributed by atoms with Crippen LogP contribution >= 0.6 is 0 Å². The Kier molecular flexibility index (Phi) is 7.91. The Hall–Kier alpha value is -3.42. The molecule has 3 N–H and O–H groups in total. The molecule has 0 fully saturated rings. The van der Waals surface area contributed by atoms with Gasteiger partial charge in [0.2, 0.25) is 5.91 Å². The summed E-state index contributed by atoms with van der Waals surface area (Å²) in [7, 11) is 6.04. The van der Waals surface area contributed by atoms with E-state index in [0.717, 1.165) is 5.56 Å². The van der Waals surface area contributed by atoms with E-state index in [0.29, 0.717) is 28.6 Å². The molecule has 2 aromatic carbocycles. The molecule has 8 nitrogen and oxygen atoms in total. The zero-order valence-corrected chi connectivity index (χ0v) is 17.5. The number of ether oxygens (including phenoxy) is 4.